The molecule has 0 amide bonds. The SMILES string of the molecule is O=[N+]([O-])c1ccc([C@H]2OCN3COC[C@@H]23)cc1. The number of nitro benzene ring substituents is 1. The van der Waals surface area contributed by atoms with Crippen molar-refractivity contribution in [3.63, 3.8) is 0 Å². The van der Waals surface area contributed by atoms with Gasteiger partial charge in [-0.3, -0.25) is 10.1 Å². The molecule has 2 atom stereocenters. The minimum absolute atomic E-state index is 0.0432. The topological polar surface area (TPSA) is 64.8 Å². The molecule has 2 aliphatic heterocycles. The number of benzene rings is 1. The maximum absolute atomic E-state index is 10.6. The predicted octanol–water partition coefficient (Wildman–Crippen LogP) is 1.28. The first-order chi connectivity index (χ1) is 8.25. The van der Waals surface area contributed by atoms with E-state index in [0.29, 0.717) is 20.1 Å². The molecule has 0 unspecified atom stereocenters. The Hall–Kier alpha value is -1.50. The number of hydrogen-bond donors (Lipinski definition) is 0. The molecule has 2 aliphatic rings. The molecule has 0 spiro atoms. The van der Waals surface area contributed by atoms with Crippen LogP contribution in [0.5, 0.6) is 0 Å². The van der Waals surface area contributed by atoms with Crippen LogP contribution < -0.4 is 0 Å². The maximum Gasteiger partial charge on any atom is 0.269 e. The number of fused-ring (bicyclic) bond motifs is 1. The molecule has 0 radical (unpaired) electrons. The Kier molecular flexibility index (Phi) is 2.54. The Balaban J connectivity index is 1.82. The summed E-state index contributed by atoms with van der Waals surface area (Å²) in [7, 11) is 0. The van der Waals surface area contributed by atoms with E-state index in [1.807, 2.05) is 0 Å². The lowest BCUT2D eigenvalue weighted by atomic mass is 10.0. The van der Waals surface area contributed by atoms with Crippen LogP contribution in [0.25, 0.3) is 0 Å². The first kappa shape index (κ1) is 10.6. The van der Waals surface area contributed by atoms with Crippen molar-refractivity contribution in [3.05, 3.63) is 39.9 Å². The highest BCUT2D eigenvalue weighted by Gasteiger charge is 2.39. The Morgan fingerprint density at radius 1 is 1.29 bits per heavy atom. The van der Waals surface area contributed by atoms with E-state index in [4.69, 9.17) is 9.47 Å². The molecule has 0 aromatic heterocycles. The zero-order valence-corrected chi connectivity index (χ0v) is 9.11. The number of ether oxygens (including phenoxy) is 2. The van der Waals surface area contributed by atoms with Gasteiger partial charge in [-0.25, -0.2) is 4.90 Å². The second-order valence-corrected chi connectivity index (χ2v) is 4.22. The van der Waals surface area contributed by atoms with Crippen molar-refractivity contribution < 1.29 is 14.4 Å². The third kappa shape index (κ3) is 1.80. The van der Waals surface area contributed by atoms with E-state index in [-0.39, 0.29) is 17.8 Å². The van der Waals surface area contributed by atoms with E-state index in [2.05, 4.69) is 4.90 Å². The van der Waals surface area contributed by atoms with E-state index in [9.17, 15) is 10.1 Å². The zero-order valence-electron chi connectivity index (χ0n) is 9.11. The van der Waals surface area contributed by atoms with Gasteiger partial charge in [-0.2, -0.15) is 0 Å². The molecule has 0 bridgehead atoms. The molecular formula is C11H12N2O4. The summed E-state index contributed by atoms with van der Waals surface area (Å²) in [6, 6.07) is 6.76. The van der Waals surface area contributed by atoms with E-state index in [0.717, 1.165) is 5.56 Å². The number of rotatable bonds is 2. The van der Waals surface area contributed by atoms with Crippen LogP contribution in [0.1, 0.15) is 11.7 Å². The summed E-state index contributed by atoms with van der Waals surface area (Å²) in [5.41, 5.74) is 1.07. The Bertz CT molecular complexity index is 434. The summed E-state index contributed by atoms with van der Waals surface area (Å²) in [5, 5.41) is 10.6. The molecule has 2 saturated heterocycles. The minimum atomic E-state index is -0.399. The summed E-state index contributed by atoms with van der Waals surface area (Å²) in [4.78, 5) is 12.3. The fourth-order valence-electron chi connectivity index (χ4n) is 2.29. The van der Waals surface area contributed by atoms with Crippen LogP contribution in [0.3, 0.4) is 0 Å². The number of nitro groups is 1. The molecule has 1 aromatic rings. The number of hydrogen-bond acceptors (Lipinski definition) is 5. The molecule has 1 aromatic carbocycles. The summed E-state index contributed by atoms with van der Waals surface area (Å²) < 4.78 is 11.0. The normalized spacial score (nSPS) is 28.2. The van der Waals surface area contributed by atoms with Crippen molar-refractivity contribution in [2.24, 2.45) is 0 Å². The fraction of sp³-hybridized carbons (Fsp3) is 0.455. The third-order valence-corrected chi connectivity index (χ3v) is 3.22. The van der Waals surface area contributed by atoms with Crippen LogP contribution in [0.2, 0.25) is 0 Å². The van der Waals surface area contributed by atoms with Crippen LogP contribution >= 0.6 is 0 Å². The predicted molar refractivity (Wildman–Crippen MR) is 58.2 cm³/mol. The van der Waals surface area contributed by atoms with Gasteiger partial charge in [0.15, 0.2) is 0 Å². The van der Waals surface area contributed by atoms with Crippen molar-refractivity contribution in [2.45, 2.75) is 12.1 Å². The van der Waals surface area contributed by atoms with Gasteiger partial charge in [0.2, 0.25) is 0 Å². The van der Waals surface area contributed by atoms with Crippen molar-refractivity contribution in [3.8, 4) is 0 Å². The van der Waals surface area contributed by atoms with Crippen LogP contribution in [-0.2, 0) is 9.47 Å². The van der Waals surface area contributed by atoms with Gasteiger partial charge in [0.25, 0.3) is 5.69 Å². The van der Waals surface area contributed by atoms with Crippen molar-refractivity contribution in [2.75, 3.05) is 20.1 Å². The van der Waals surface area contributed by atoms with E-state index < -0.39 is 4.92 Å². The average molecular weight is 236 g/mol. The highest BCUT2D eigenvalue weighted by molar-refractivity contribution is 5.34. The first-order valence-corrected chi connectivity index (χ1v) is 5.43. The molecule has 0 saturated carbocycles. The molecule has 0 N–H and O–H groups in total. The highest BCUT2D eigenvalue weighted by Crippen LogP contribution is 2.34. The van der Waals surface area contributed by atoms with Crippen LogP contribution in [-0.4, -0.2) is 35.9 Å². The highest BCUT2D eigenvalue weighted by atomic mass is 16.6. The monoisotopic (exact) mass is 236 g/mol. The molecular weight excluding hydrogens is 224 g/mol. The molecule has 90 valence electrons. The number of nitrogens with zero attached hydrogens (tertiary/aromatic N) is 2. The Labute approximate surface area is 97.9 Å². The summed E-state index contributed by atoms with van der Waals surface area (Å²) in [6.45, 7) is 1.82. The third-order valence-electron chi connectivity index (χ3n) is 3.22. The maximum atomic E-state index is 10.6. The van der Waals surface area contributed by atoms with Crippen LogP contribution in [0.4, 0.5) is 5.69 Å². The van der Waals surface area contributed by atoms with Gasteiger partial charge in [-0.1, -0.05) is 0 Å². The lowest BCUT2D eigenvalue weighted by molar-refractivity contribution is -0.384. The Morgan fingerprint density at radius 3 is 2.76 bits per heavy atom. The lowest BCUT2D eigenvalue weighted by Crippen LogP contribution is -2.27. The molecule has 6 nitrogen and oxygen atoms in total. The van der Waals surface area contributed by atoms with Crippen LogP contribution in [0, 0.1) is 10.1 Å². The van der Waals surface area contributed by atoms with E-state index in [1.54, 1.807) is 12.1 Å². The molecule has 17 heavy (non-hydrogen) atoms. The van der Waals surface area contributed by atoms with Crippen molar-refractivity contribution >= 4 is 5.69 Å². The standard InChI is InChI=1S/C11H12N2O4/c14-13(15)9-3-1-8(2-4-9)11-10-5-16-6-12(10)7-17-11/h1-4,10-11H,5-7H2/t10-,11+/m0/s1. The fourth-order valence-corrected chi connectivity index (χ4v) is 2.29. The molecule has 6 heteroatoms. The zero-order chi connectivity index (χ0) is 11.8. The van der Waals surface area contributed by atoms with E-state index >= 15 is 0 Å². The molecule has 0 aliphatic carbocycles. The number of non-ortho nitro benzene ring substituents is 1. The van der Waals surface area contributed by atoms with Crippen molar-refractivity contribution in [1.29, 1.82) is 0 Å². The lowest BCUT2D eigenvalue weighted by Gasteiger charge is -2.15. The summed E-state index contributed by atoms with van der Waals surface area (Å²) in [6.07, 6.45) is -0.0432. The molecule has 3 rings (SSSR count). The first-order valence-electron chi connectivity index (χ1n) is 5.43. The Morgan fingerprint density at radius 2 is 2.06 bits per heavy atom. The smallest absolute Gasteiger partial charge is 0.269 e. The van der Waals surface area contributed by atoms with Crippen molar-refractivity contribution in [1.82, 2.24) is 4.90 Å². The van der Waals surface area contributed by atoms with Gasteiger partial charge in [0, 0.05) is 12.1 Å². The van der Waals surface area contributed by atoms with Crippen LogP contribution in [0.15, 0.2) is 24.3 Å². The second kappa shape index (κ2) is 4.06. The largest absolute Gasteiger partial charge is 0.364 e. The van der Waals surface area contributed by atoms with Gasteiger partial charge in [-0.15, -0.1) is 0 Å². The molecule has 2 fully saturated rings. The van der Waals surface area contributed by atoms with Gasteiger partial charge in [-0.05, 0) is 17.7 Å². The quantitative estimate of drug-likeness (QED) is 0.571. The van der Waals surface area contributed by atoms with Gasteiger partial charge < -0.3 is 9.47 Å². The second-order valence-electron chi connectivity index (χ2n) is 4.22. The average Bonchev–Trinajstić information content (AvgIpc) is 2.90. The minimum Gasteiger partial charge on any atom is -0.364 e. The van der Waals surface area contributed by atoms with E-state index in [1.165, 1.54) is 12.1 Å². The van der Waals surface area contributed by atoms with Gasteiger partial charge in [0.1, 0.15) is 19.6 Å². The molecule has 2 heterocycles. The summed E-state index contributed by atoms with van der Waals surface area (Å²) >= 11 is 0. The summed E-state index contributed by atoms with van der Waals surface area (Å²) in [5.74, 6) is 0. The van der Waals surface area contributed by atoms with Gasteiger partial charge >= 0.3 is 0 Å². The van der Waals surface area contributed by atoms with Gasteiger partial charge in [0.05, 0.1) is 17.6 Å².